The highest BCUT2D eigenvalue weighted by atomic mass is 16.5. The van der Waals surface area contributed by atoms with Gasteiger partial charge in [-0.25, -0.2) is 9.78 Å². The summed E-state index contributed by atoms with van der Waals surface area (Å²) in [4.78, 5) is 13.7. The molecule has 3 rings (SSSR count). The number of rotatable bonds is 3. The maximum atomic E-state index is 10.1. The van der Waals surface area contributed by atoms with Gasteiger partial charge in [0, 0.05) is 6.20 Å². The van der Waals surface area contributed by atoms with Crippen LogP contribution in [-0.4, -0.2) is 52.1 Å². The third kappa shape index (κ3) is 4.21. The second-order valence-corrected chi connectivity index (χ2v) is 5.04. The maximum Gasteiger partial charge on any atom is 0.354 e. The predicted octanol–water partition coefficient (Wildman–Crippen LogP) is 2.41. The van der Waals surface area contributed by atoms with Gasteiger partial charge in [-0.3, -0.25) is 0 Å². The Labute approximate surface area is 154 Å². The molecule has 1 aromatic carbocycles. The first kappa shape index (κ1) is 19.4. The number of allylic oxidation sites excluding steroid dienone is 2. The summed E-state index contributed by atoms with van der Waals surface area (Å²) >= 11 is 0. The van der Waals surface area contributed by atoms with Crippen molar-refractivity contribution in [1.29, 1.82) is 0 Å². The van der Waals surface area contributed by atoms with Gasteiger partial charge in [0.1, 0.15) is 28.6 Å². The fraction of sp³-hybridized carbons (Fsp3) is 0.111. The van der Waals surface area contributed by atoms with Gasteiger partial charge in [-0.05, 0) is 36.4 Å². The number of carboxylic acid groups (broad SMARTS) is 1. The molecule has 0 fully saturated rings. The Bertz CT molecular complexity index is 858. The number of carboxylic acids is 1. The zero-order valence-corrected chi connectivity index (χ0v) is 14.5. The van der Waals surface area contributed by atoms with Crippen LogP contribution in [-0.2, 0) is 0 Å². The van der Waals surface area contributed by atoms with Crippen LogP contribution in [0.5, 0.6) is 11.5 Å². The quantitative estimate of drug-likeness (QED) is 0.557. The van der Waals surface area contributed by atoms with Crippen LogP contribution in [0, 0.1) is 0 Å². The molecule has 1 aromatic heterocycles. The van der Waals surface area contributed by atoms with E-state index in [0.717, 1.165) is 0 Å². The Morgan fingerprint density at radius 2 is 1.44 bits per heavy atom. The lowest BCUT2D eigenvalue weighted by atomic mass is 9.92. The van der Waals surface area contributed by atoms with E-state index in [1.807, 2.05) is 0 Å². The van der Waals surface area contributed by atoms with Gasteiger partial charge in [0.2, 0.25) is 0 Å². The number of ether oxygens (including phenoxy) is 2. The van der Waals surface area contributed by atoms with Crippen LogP contribution in [0.2, 0.25) is 0 Å². The van der Waals surface area contributed by atoms with E-state index in [4.69, 9.17) is 25.0 Å². The Morgan fingerprint density at radius 3 is 1.74 bits per heavy atom. The predicted molar refractivity (Wildman–Crippen MR) is 96.5 cm³/mol. The zero-order valence-electron chi connectivity index (χ0n) is 14.5. The summed E-state index contributed by atoms with van der Waals surface area (Å²) < 4.78 is 10.4. The number of hydrogen-bond acceptors (Lipinski definition) is 8. The molecule has 2 aromatic rings. The highest BCUT2D eigenvalue weighted by Crippen LogP contribution is 2.34. The van der Waals surface area contributed by atoms with Crippen molar-refractivity contribution >= 4 is 17.4 Å². The number of fused-ring (bicyclic) bond motifs is 1. The molecule has 1 aliphatic carbocycles. The summed E-state index contributed by atoms with van der Waals surface area (Å²) in [6.07, 6.45) is 4.50. The first-order valence-electron chi connectivity index (χ1n) is 7.59. The van der Waals surface area contributed by atoms with Gasteiger partial charge in [0.05, 0.1) is 25.3 Å². The van der Waals surface area contributed by atoms with Gasteiger partial charge in [0.15, 0.2) is 0 Å². The minimum atomic E-state index is -0.990. The SMILES string of the molecule is COc1ccc(OC)c2c1C(=NO)C=CC2=NO.O=C(O)c1ccccn1. The lowest BCUT2D eigenvalue weighted by molar-refractivity contribution is 0.0690. The molecule has 140 valence electrons. The van der Waals surface area contributed by atoms with Gasteiger partial charge >= 0.3 is 5.97 Å². The van der Waals surface area contributed by atoms with Crippen molar-refractivity contribution in [2.45, 2.75) is 0 Å². The molecule has 0 saturated carbocycles. The second kappa shape index (κ2) is 8.99. The average Bonchev–Trinajstić information content (AvgIpc) is 2.73. The number of benzene rings is 1. The normalized spacial score (nSPS) is 14.9. The molecule has 0 amide bonds. The van der Waals surface area contributed by atoms with Crippen LogP contribution in [0.25, 0.3) is 0 Å². The van der Waals surface area contributed by atoms with Crippen LogP contribution in [0.1, 0.15) is 21.6 Å². The molecule has 1 aliphatic rings. The second-order valence-electron chi connectivity index (χ2n) is 5.04. The summed E-state index contributed by atoms with van der Waals surface area (Å²) in [5, 5.41) is 32.8. The molecule has 0 atom stereocenters. The molecular formula is C18H17N3O6. The van der Waals surface area contributed by atoms with Crippen LogP contribution in [0.15, 0.2) is 59.0 Å². The molecule has 1 heterocycles. The van der Waals surface area contributed by atoms with E-state index in [1.165, 1.54) is 38.6 Å². The Morgan fingerprint density at radius 1 is 0.926 bits per heavy atom. The van der Waals surface area contributed by atoms with E-state index in [2.05, 4.69) is 15.3 Å². The summed E-state index contributed by atoms with van der Waals surface area (Å²) in [5.41, 5.74) is 1.75. The number of oxime groups is 2. The van der Waals surface area contributed by atoms with Crippen molar-refractivity contribution in [1.82, 2.24) is 4.98 Å². The van der Waals surface area contributed by atoms with Crippen LogP contribution >= 0.6 is 0 Å². The molecule has 0 bridgehead atoms. The van der Waals surface area contributed by atoms with Gasteiger partial charge in [-0.1, -0.05) is 16.4 Å². The summed E-state index contributed by atoms with van der Waals surface area (Å²) in [7, 11) is 3.01. The highest BCUT2D eigenvalue weighted by molar-refractivity contribution is 6.27. The van der Waals surface area contributed by atoms with E-state index in [0.29, 0.717) is 34.0 Å². The number of aromatic carboxylic acids is 1. The standard InChI is InChI=1S/C12H12N2O4.C6H5NO2/c1-17-9-5-6-10(18-2)12-8(14-16)4-3-7(13-15)11(9)12;8-6(9)5-3-1-2-4-7-5/h3-6,15-16H,1-2H3;1-4H,(H,8,9). The van der Waals surface area contributed by atoms with Gasteiger partial charge in [-0.15, -0.1) is 0 Å². The molecule has 0 saturated heterocycles. The largest absolute Gasteiger partial charge is 0.496 e. The van der Waals surface area contributed by atoms with E-state index in [9.17, 15) is 4.79 Å². The third-order valence-electron chi connectivity index (χ3n) is 3.58. The van der Waals surface area contributed by atoms with Gasteiger partial charge in [-0.2, -0.15) is 0 Å². The molecule has 27 heavy (non-hydrogen) atoms. The monoisotopic (exact) mass is 371 g/mol. The topological polar surface area (TPSA) is 134 Å². The number of aromatic nitrogens is 1. The van der Waals surface area contributed by atoms with Gasteiger partial charge in [0.25, 0.3) is 0 Å². The van der Waals surface area contributed by atoms with Crippen molar-refractivity contribution in [2.24, 2.45) is 10.3 Å². The number of pyridine rings is 1. The lowest BCUT2D eigenvalue weighted by Crippen LogP contribution is -2.16. The van der Waals surface area contributed by atoms with Crippen molar-refractivity contribution in [3.8, 4) is 11.5 Å². The summed E-state index contributed by atoms with van der Waals surface area (Å²) in [6.45, 7) is 0. The highest BCUT2D eigenvalue weighted by Gasteiger charge is 2.25. The maximum absolute atomic E-state index is 10.1. The fourth-order valence-electron chi connectivity index (χ4n) is 2.39. The van der Waals surface area contributed by atoms with Crippen LogP contribution in [0.3, 0.4) is 0 Å². The van der Waals surface area contributed by atoms with Crippen LogP contribution in [0.4, 0.5) is 0 Å². The minimum Gasteiger partial charge on any atom is -0.496 e. The molecule has 0 aliphatic heterocycles. The molecule has 0 spiro atoms. The van der Waals surface area contributed by atoms with Gasteiger partial charge < -0.3 is 25.0 Å². The van der Waals surface area contributed by atoms with E-state index >= 15 is 0 Å². The van der Waals surface area contributed by atoms with Crippen molar-refractivity contribution < 1.29 is 29.8 Å². The molecule has 3 N–H and O–H groups in total. The molecular weight excluding hydrogens is 354 g/mol. The Hall–Kier alpha value is -3.88. The average molecular weight is 371 g/mol. The Kier molecular flexibility index (Phi) is 6.48. The molecule has 9 nitrogen and oxygen atoms in total. The number of nitrogens with zero attached hydrogens (tertiary/aromatic N) is 3. The smallest absolute Gasteiger partial charge is 0.354 e. The van der Waals surface area contributed by atoms with Crippen molar-refractivity contribution in [3.05, 3.63) is 65.5 Å². The summed E-state index contributed by atoms with van der Waals surface area (Å²) in [5.74, 6) is 0.0174. The number of hydrogen-bond donors (Lipinski definition) is 3. The first-order chi connectivity index (χ1) is 13.1. The molecule has 0 unspecified atom stereocenters. The van der Waals surface area contributed by atoms with Crippen molar-refractivity contribution in [2.75, 3.05) is 14.2 Å². The number of carbonyl (C=O) groups is 1. The molecule has 0 radical (unpaired) electrons. The first-order valence-corrected chi connectivity index (χ1v) is 7.59. The van der Waals surface area contributed by atoms with E-state index in [-0.39, 0.29) is 5.69 Å². The van der Waals surface area contributed by atoms with E-state index < -0.39 is 5.97 Å². The minimum absolute atomic E-state index is 0.0810. The van der Waals surface area contributed by atoms with E-state index in [1.54, 1.807) is 24.3 Å². The Balaban J connectivity index is 0.000000244. The zero-order chi connectivity index (χ0) is 19.8. The van der Waals surface area contributed by atoms with Crippen molar-refractivity contribution in [3.63, 3.8) is 0 Å². The fourth-order valence-corrected chi connectivity index (χ4v) is 2.39. The third-order valence-corrected chi connectivity index (χ3v) is 3.58. The summed E-state index contributed by atoms with van der Waals surface area (Å²) in [6, 6.07) is 8.14. The number of methoxy groups -OCH3 is 2. The van der Waals surface area contributed by atoms with Crippen LogP contribution < -0.4 is 9.47 Å². The molecule has 9 heteroatoms. The lowest BCUT2D eigenvalue weighted by Gasteiger charge is -2.19.